The average molecular weight is 463 g/mol. The zero-order valence-corrected chi connectivity index (χ0v) is 18.8. The van der Waals surface area contributed by atoms with Gasteiger partial charge < -0.3 is 14.2 Å². The SMILES string of the molecule is CN1C(=O)c2cccc(OC(F)F)c2[C@H]2CC1c1nc3ccc(C#CCN4CCCC4)cc3n12. The topological polar surface area (TPSA) is 50.6 Å². The molecule has 2 atom stereocenters. The Labute approximate surface area is 196 Å². The molecule has 6 nitrogen and oxygen atoms in total. The fraction of sp³-hybridized carbons (Fsp3) is 0.385. The number of halogens is 2. The number of aromatic nitrogens is 2. The molecule has 1 unspecified atom stereocenters. The van der Waals surface area contributed by atoms with Crippen molar-refractivity contribution in [3.63, 3.8) is 0 Å². The molecule has 34 heavy (non-hydrogen) atoms. The van der Waals surface area contributed by atoms with Gasteiger partial charge in [-0.05, 0) is 56.3 Å². The van der Waals surface area contributed by atoms with Crippen LogP contribution in [0.1, 0.15) is 58.7 Å². The van der Waals surface area contributed by atoms with Gasteiger partial charge in [-0.15, -0.1) is 0 Å². The van der Waals surface area contributed by atoms with Gasteiger partial charge in [0.25, 0.3) is 5.91 Å². The number of fused-ring (bicyclic) bond motifs is 9. The number of amides is 1. The zero-order valence-electron chi connectivity index (χ0n) is 18.8. The average Bonchev–Trinajstić information content (AvgIpc) is 3.52. The third-order valence-electron chi connectivity index (χ3n) is 7.14. The van der Waals surface area contributed by atoms with Crippen molar-refractivity contribution in [2.24, 2.45) is 0 Å². The van der Waals surface area contributed by atoms with Crippen LogP contribution >= 0.6 is 0 Å². The summed E-state index contributed by atoms with van der Waals surface area (Å²) in [5.41, 5.74) is 3.45. The van der Waals surface area contributed by atoms with Gasteiger partial charge in [-0.3, -0.25) is 9.69 Å². The Hall–Kier alpha value is -3.44. The normalized spacial score (nSPS) is 21.4. The lowest BCUT2D eigenvalue weighted by Crippen LogP contribution is -2.30. The predicted molar refractivity (Wildman–Crippen MR) is 123 cm³/mol. The molecule has 2 aromatic carbocycles. The van der Waals surface area contributed by atoms with E-state index in [9.17, 15) is 13.6 Å². The molecule has 0 N–H and O–H groups in total. The Morgan fingerprint density at radius 1 is 1.18 bits per heavy atom. The maximum Gasteiger partial charge on any atom is 0.387 e. The van der Waals surface area contributed by atoms with Gasteiger partial charge in [-0.25, -0.2) is 4.98 Å². The van der Waals surface area contributed by atoms with Crippen molar-refractivity contribution < 1.29 is 18.3 Å². The number of hydrogen-bond acceptors (Lipinski definition) is 4. The van der Waals surface area contributed by atoms with Crippen LogP contribution in [-0.2, 0) is 0 Å². The first-order valence-electron chi connectivity index (χ1n) is 11.6. The van der Waals surface area contributed by atoms with E-state index in [2.05, 4.69) is 21.3 Å². The summed E-state index contributed by atoms with van der Waals surface area (Å²) >= 11 is 0. The van der Waals surface area contributed by atoms with E-state index in [1.807, 2.05) is 18.2 Å². The quantitative estimate of drug-likeness (QED) is 0.548. The lowest BCUT2D eigenvalue weighted by atomic mass is 9.97. The first-order chi connectivity index (χ1) is 16.5. The highest BCUT2D eigenvalue weighted by Gasteiger charge is 2.45. The monoisotopic (exact) mass is 462 g/mol. The summed E-state index contributed by atoms with van der Waals surface area (Å²) in [5, 5.41) is 0. The minimum absolute atomic E-state index is 0.0381. The van der Waals surface area contributed by atoms with Crippen LogP contribution in [0, 0.1) is 11.8 Å². The molecule has 6 rings (SSSR count). The molecule has 3 aliphatic rings. The lowest BCUT2D eigenvalue weighted by molar-refractivity contribution is -0.0507. The molecular weight excluding hydrogens is 438 g/mol. The van der Waals surface area contributed by atoms with Crippen LogP contribution in [0.4, 0.5) is 8.78 Å². The van der Waals surface area contributed by atoms with Gasteiger partial charge in [0.1, 0.15) is 11.6 Å². The molecule has 8 heteroatoms. The number of imidazole rings is 1. The van der Waals surface area contributed by atoms with Gasteiger partial charge in [0.2, 0.25) is 0 Å². The van der Waals surface area contributed by atoms with E-state index in [0.717, 1.165) is 42.1 Å². The van der Waals surface area contributed by atoms with Crippen molar-refractivity contribution in [2.75, 3.05) is 26.7 Å². The standard InChI is InChI=1S/C26H24F2N4O2/c1-30-21-15-20(23-17(25(30)33)7-4-8-22(23)34-26(27)28)32-19-14-16(9-10-18(19)29-24(21)32)6-5-13-31-11-2-3-12-31/h4,7-10,14,20-21,26H,2-3,11-13,15H2,1H3/t20-,21?/m1/s1. The molecule has 1 fully saturated rings. The first kappa shape index (κ1) is 21.1. The number of benzene rings is 2. The van der Waals surface area contributed by atoms with Gasteiger partial charge in [0.15, 0.2) is 0 Å². The van der Waals surface area contributed by atoms with E-state index in [4.69, 9.17) is 9.72 Å². The van der Waals surface area contributed by atoms with E-state index in [1.165, 1.54) is 18.9 Å². The molecule has 3 aliphatic heterocycles. The highest BCUT2D eigenvalue weighted by atomic mass is 19.3. The van der Waals surface area contributed by atoms with Crippen molar-refractivity contribution in [3.05, 3.63) is 58.9 Å². The summed E-state index contributed by atoms with van der Waals surface area (Å²) in [4.78, 5) is 22.0. The molecule has 1 amide bonds. The van der Waals surface area contributed by atoms with Gasteiger partial charge in [-0.1, -0.05) is 17.9 Å². The second kappa shape index (κ2) is 8.10. The van der Waals surface area contributed by atoms with E-state index >= 15 is 0 Å². The smallest absolute Gasteiger partial charge is 0.387 e. The maximum absolute atomic E-state index is 13.2. The van der Waals surface area contributed by atoms with Crippen molar-refractivity contribution in [3.8, 4) is 17.6 Å². The summed E-state index contributed by atoms with van der Waals surface area (Å²) in [6.45, 7) is -0.0262. The Morgan fingerprint density at radius 3 is 2.79 bits per heavy atom. The van der Waals surface area contributed by atoms with Crippen LogP contribution in [0.25, 0.3) is 11.0 Å². The fourth-order valence-electron chi connectivity index (χ4n) is 5.55. The van der Waals surface area contributed by atoms with Crippen molar-refractivity contribution in [2.45, 2.75) is 38.0 Å². The number of alkyl halides is 2. The van der Waals surface area contributed by atoms with Crippen LogP contribution in [0.5, 0.6) is 5.75 Å². The van der Waals surface area contributed by atoms with Crippen LogP contribution in [-0.4, -0.2) is 58.6 Å². The van der Waals surface area contributed by atoms with Gasteiger partial charge in [-0.2, -0.15) is 8.78 Å². The Bertz CT molecular complexity index is 1350. The first-order valence-corrected chi connectivity index (χ1v) is 11.6. The van der Waals surface area contributed by atoms with Gasteiger partial charge in [0.05, 0.1) is 29.7 Å². The fourth-order valence-corrected chi connectivity index (χ4v) is 5.55. The largest absolute Gasteiger partial charge is 0.434 e. The van der Waals surface area contributed by atoms with Crippen LogP contribution in [0.3, 0.4) is 0 Å². The van der Waals surface area contributed by atoms with Crippen LogP contribution in [0.15, 0.2) is 36.4 Å². The molecule has 0 saturated carbocycles. The summed E-state index contributed by atoms with van der Waals surface area (Å²) in [6.07, 6.45) is 3.02. The second-order valence-corrected chi connectivity index (χ2v) is 9.11. The number of nitrogens with zero attached hydrogens (tertiary/aromatic N) is 4. The molecule has 0 aliphatic carbocycles. The third kappa shape index (κ3) is 3.34. The molecule has 0 radical (unpaired) electrons. The molecule has 3 aromatic rings. The van der Waals surface area contributed by atoms with Gasteiger partial charge in [0, 0.05) is 30.2 Å². The summed E-state index contributed by atoms with van der Waals surface area (Å²) < 4.78 is 33.4. The van der Waals surface area contributed by atoms with Crippen LogP contribution in [0.2, 0.25) is 0 Å². The van der Waals surface area contributed by atoms with E-state index in [-0.39, 0.29) is 23.7 Å². The van der Waals surface area contributed by atoms with Crippen molar-refractivity contribution in [1.29, 1.82) is 0 Å². The molecule has 2 bridgehead atoms. The Morgan fingerprint density at radius 2 is 2.00 bits per heavy atom. The molecule has 0 spiro atoms. The number of carbonyl (C=O) groups excluding carboxylic acids is 1. The minimum atomic E-state index is -2.98. The number of carbonyl (C=O) groups is 1. The summed E-state index contributed by atoms with van der Waals surface area (Å²) in [7, 11) is 1.74. The van der Waals surface area contributed by atoms with Gasteiger partial charge >= 0.3 is 6.61 Å². The molecule has 174 valence electrons. The highest BCUT2D eigenvalue weighted by Crippen LogP contribution is 2.49. The number of ether oxygens (including phenoxy) is 1. The van der Waals surface area contributed by atoms with E-state index in [0.29, 0.717) is 17.5 Å². The lowest BCUT2D eigenvalue weighted by Gasteiger charge is -2.24. The summed E-state index contributed by atoms with van der Waals surface area (Å²) in [6, 6.07) is 10.1. The number of hydrogen-bond donors (Lipinski definition) is 0. The Balaban J connectivity index is 1.46. The predicted octanol–water partition coefficient (Wildman–Crippen LogP) is 4.20. The second-order valence-electron chi connectivity index (χ2n) is 9.11. The Kier molecular flexibility index (Phi) is 5.03. The van der Waals surface area contributed by atoms with E-state index in [1.54, 1.807) is 24.1 Å². The summed E-state index contributed by atoms with van der Waals surface area (Å²) in [5.74, 6) is 7.13. The number of likely N-dealkylation sites (tertiary alicyclic amines) is 1. The zero-order chi connectivity index (χ0) is 23.4. The third-order valence-corrected chi connectivity index (χ3v) is 7.14. The molecular formula is C26H24F2N4O2. The van der Waals surface area contributed by atoms with Crippen LogP contribution < -0.4 is 4.74 Å². The van der Waals surface area contributed by atoms with E-state index < -0.39 is 6.61 Å². The highest BCUT2D eigenvalue weighted by molar-refractivity contribution is 5.97. The molecule has 4 heterocycles. The number of rotatable bonds is 3. The molecule has 1 aromatic heterocycles. The maximum atomic E-state index is 13.2. The van der Waals surface area contributed by atoms with Crippen molar-refractivity contribution >= 4 is 16.9 Å². The minimum Gasteiger partial charge on any atom is -0.434 e. The van der Waals surface area contributed by atoms with Crippen molar-refractivity contribution in [1.82, 2.24) is 19.4 Å². The molecule has 1 saturated heterocycles.